The Morgan fingerprint density at radius 1 is 1.15 bits per heavy atom. The third-order valence-electron chi connectivity index (χ3n) is 7.02. The van der Waals surface area contributed by atoms with Gasteiger partial charge in [-0.15, -0.1) is 0 Å². The van der Waals surface area contributed by atoms with Crippen molar-refractivity contribution in [2.45, 2.75) is 51.5 Å². The summed E-state index contributed by atoms with van der Waals surface area (Å²) >= 11 is 0. The predicted molar refractivity (Wildman–Crippen MR) is 136 cm³/mol. The molecule has 2 heterocycles. The van der Waals surface area contributed by atoms with Crippen molar-refractivity contribution in [3.63, 3.8) is 0 Å². The Labute approximate surface area is 200 Å². The number of anilines is 2. The molecule has 2 amide bonds. The number of nitrogens with one attached hydrogen (secondary N) is 2. The van der Waals surface area contributed by atoms with Crippen molar-refractivity contribution in [1.29, 1.82) is 0 Å². The minimum absolute atomic E-state index is 0.0123. The monoisotopic (exact) mass is 457 g/mol. The highest BCUT2D eigenvalue weighted by molar-refractivity contribution is 6.04. The first-order valence-electron chi connectivity index (χ1n) is 12.2. The maximum atomic E-state index is 12.8. The summed E-state index contributed by atoms with van der Waals surface area (Å²) in [5.74, 6) is 1.32. The molecule has 1 aliphatic heterocycles. The van der Waals surface area contributed by atoms with Gasteiger partial charge in [-0.25, -0.2) is 0 Å². The summed E-state index contributed by atoms with van der Waals surface area (Å²) in [5, 5.41) is 7.00. The van der Waals surface area contributed by atoms with Gasteiger partial charge in [-0.2, -0.15) is 0 Å². The SMILES string of the molecule is COc1ccc2c(c1)cc(/C=C/C(=O)Nc1cccc3c1CCC(=O)N3)n2CC1CCCCC1. The Morgan fingerprint density at radius 2 is 2.00 bits per heavy atom. The minimum atomic E-state index is -0.183. The van der Waals surface area contributed by atoms with E-state index in [1.54, 1.807) is 13.2 Å². The summed E-state index contributed by atoms with van der Waals surface area (Å²) in [7, 11) is 1.68. The summed E-state index contributed by atoms with van der Waals surface area (Å²) in [5.41, 5.74) is 4.69. The fourth-order valence-corrected chi connectivity index (χ4v) is 5.24. The zero-order valence-corrected chi connectivity index (χ0v) is 19.6. The molecule has 2 N–H and O–H groups in total. The van der Waals surface area contributed by atoms with Gasteiger partial charge < -0.3 is 19.9 Å². The summed E-state index contributed by atoms with van der Waals surface area (Å²) < 4.78 is 7.76. The third-order valence-corrected chi connectivity index (χ3v) is 7.02. The van der Waals surface area contributed by atoms with Crippen molar-refractivity contribution in [3.8, 4) is 5.75 Å². The lowest BCUT2D eigenvalue weighted by Gasteiger charge is -2.23. The second kappa shape index (κ2) is 9.75. The van der Waals surface area contributed by atoms with Crippen LogP contribution in [0.15, 0.2) is 48.5 Å². The quantitative estimate of drug-likeness (QED) is 0.462. The number of hydrogen-bond donors (Lipinski definition) is 2. The Kier molecular flexibility index (Phi) is 6.39. The van der Waals surface area contributed by atoms with Crippen LogP contribution in [0.2, 0.25) is 0 Å². The lowest BCUT2D eigenvalue weighted by Crippen LogP contribution is -2.21. The third kappa shape index (κ3) is 4.72. The van der Waals surface area contributed by atoms with Crippen LogP contribution < -0.4 is 15.4 Å². The zero-order valence-electron chi connectivity index (χ0n) is 19.6. The fraction of sp³-hybridized carbons (Fsp3) is 0.357. The number of benzene rings is 2. The van der Waals surface area contributed by atoms with Crippen LogP contribution in [0, 0.1) is 5.92 Å². The molecule has 0 saturated heterocycles. The summed E-state index contributed by atoms with van der Waals surface area (Å²) in [6.07, 6.45) is 11.0. The number of fused-ring (bicyclic) bond motifs is 2. The Bertz CT molecular complexity index is 1250. The van der Waals surface area contributed by atoms with Crippen molar-refractivity contribution in [2.75, 3.05) is 17.7 Å². The van der Waals surface area contributed by atoms with Gasteiger partial charge in [0.2, 0.25) is 11.8 Å². The first-order valence-corrected chi connectivity index (χ1v) is 12.2. The molecule has 2 aromatic carbocycles. The van der Waals surface area contributed by atoms with Crippen LogP contribution in [-0.4, -0.2) is 23.5 Å². The van der Waals surface area contributed by atoms with Crippen molar-refractivity contribution in [2.24, 2.45) is 5.92 Å². The van der Waals surface area contributed by atoms with Gasteiger partial charge >= 0.3 is 0 Å². The molecule has 6 heteroatoms. The molecule has 2 aliphatic rings. The van der Waals surface area contributed by atoms with E-state index < -0.39 is 0 Å². The van der Waals surface area contributed by atoms with E-state index in [4.69, 9.17) is 4.74 Å². The lowest BCUT2D eigenvalue weighted by molar-refractivity contribution is -0.116. The lowest BCUT2D eigenvalue weighted by atomic mass is 9.89. The van der Waals surface area contributed by atoms with Crippen molar-refractivity contribution in [1.82, 2.24) is 4.57 Å². The van der Waals surface area contributed by atoms with Gasteiger partial charge in [0.25, 0.3) is 0 Å². The first kappa shape index (κ1) is 22.3. The Hall–Kier alpha value is -3.54. The molecular weight excluding hydrogens is 426 g/mol. The zero-order chi connectivity index (χ0) is 23.5. The first-order chi connectivity index (χ1) is 16.6. The van der Waals surface area contributed by atoms with Crippen LogP contribution in [0.5, 0.6) is 5.75 Å². The van der Waals surface area contributed by atoms with Crippen LogP contribution in [0.3, 0.4) is 0 Å². The van der Waals surface area contributed by atoms with Crippen LogP contribution in [-0.2, 0) is 22.6 Å². The van der Waals surface area contributed by atoms with E-state index in [0.717, 1.165) is 40.3 Å². The number of carbonyl (C=O) groups excluding carboxylic acids is 2. The highest BCUT2D eigenvalue weighted by Gasteiger charge is 2.19. The van der Waals surface area contributed by atoms with E-state index in [9.17, 15) is 9.59 Å². The van der Waals surface area contributed by atoms with E-state index >= 15 is 0 Å². The number of hydrogen-bond acceptors (Lipinski definition) is 3. The molecule has 0 unspecified atom stereocenters. The molecule has 5 rings (SSSR count). The number of amides is 2. The van der Waals surface area contributed by atoms with E-state index in [1.807, 2.05) is 30.3 Å². The maximum Gasteiger partial charge on any atom is 0.248 e. The number of carbonyl (C=O) groups is 2. The van der Waals surface area contributed by atoms with E-state index in [2.05, 4.69) is 33.4 Å². The number of nitrogens with zero attached hydrogens (tertiary/aromatic N) is 1. The molecule has 0 radical (unpaired) electrons. The topological polar surface area (TPSA) is 72.4 Å². The summed E-state index contributed by atoms with van der Waals surface area (Å²) in [6, 6.07) is 13.9. The predicted octanol–water partition coefficient (Wildman–Crippen LogP) is 5.77. The fourth-order valence-electron chi connectivity index (χ4n) is 5.24. The Balaban J connectivity index is 1.39. The maximum absolute atomic E-state index is 12.8. The standard InChI is InChI=1S/C28H31N3O3/c1-34-22-11-13-26-20(17-22)16-21(31(26)18-19-6-3-2-4-7-19)10-14-27(32)29-24-8-5-9-25-23(24)12-15-28(33)30-25/h5,8-11,13-14,16-17,19H,2-4,6-7,12,15,18H2,1H3,(H,29,32)(H,30,33)/b14-10+. The highest BCUT2D eigenvalue weighted by Crippen LogP contribution is 2.31. The molecular formula is C28H31N3O3. The molecule has 0 atom stereocenters. The average Bonchev–Trinajstić information content (AvgIpc) is 3.19. The molecule has 0 bridgehead atoms. The van der Waals surface area contributed by atoms with E-state index in [0.29, 0.717) is 18.8 Å². The smallest absolute Gasteiger partial charge is 0.248 e. The van der Waals surface area contributed by atoms with Gasteiger partial charge in [-0.05, 0) is 73.2 Å². The summed E-state index contributed by atoms with van der Waals surface area (Å²) in [4.78, 5) is 24.5. The Morgan fingerprint density at radius 3 is 2.82 bits per heavy atom. The molecule has 0 spiro atoms. The van der Waals surface area contributed by atoms with Crippen LogP contribution in [0.25, 0.3) is 17.0 Å². The number of ether oxygens (including phenoxy) is 1. The minimum Gasteiger partial charge on any atom is -0.497 e. The van der Waals surface area contributed by atoms with Crippen molar-refractivity contribution in [3.05, 3.63) is 59.8 Å². The second-order valence-electron chi connectivity index (χ2n) is 9.31. The molecule has 3 aromatic rings. The number of aromatic nitrogens is 1. The molecule has 1 fully saturated rings. The van der Waals surface area contributed by atoms with Gasteiger partial charge in [-0.3, -0.25) is 9.59 Å². The molecule has 1 aliphatic carbocycles. The van der Waals surface area contributed by atoms with Crippen molar-refractivity contribution >= 4 is 40.2 Å². The number of rotatable bonds is 6. The van der Waals surface area contributed by atoms with Gasteiger partial charge in [0.15, 0.2) is 0 Å². The molecule has 34 heavy (non-hydrogen) atoms. The molecule has 176 valence electrons. The van der Waals surface area contributed by atoms with E-state index in [-0.39, 0.29) is 11.8 Å². The van der Waals surface area contributed by atoms with Crippen LogP contribution >= 0.6 is 0 Å². The van der Waals surface area contributed by atoms with Gasteiger partial charge in [0.05, 0.1) is 7.11 Å². The summed E-state index contributed by atoms with van der Waals surface area (Å²) in [6.45, 7) is 0.961. The largest absolute Gasteiger partial charge is 0.497 e. The molecule has 1 aromatic heterocycles. The molecule has 6 nitrogen and oxygen atoms in total. The van der Waals surface area contributed by atoms with Gasteiger partial charge in [0, 0.05) is 47.0 Å². The number of methoxy groups -OCH3 is 1. The normalized spacial score (nSPS) is 16.4. The van der Waals surface area contributed by atoms with Gasteiger partial charge in [0.1, 0.15) is 5.75 Å². The van der Waals surface area contributed by atoms with Crippen LogP contribution in [0.4, 0.5) is 11.4 Å². The second-order valence-corrected chi connectivity index (χ2v) is 9.31. The van der Waals surface area contributed by atoms with E-state index in [1.165, 1.54) is 37.6 Å². The highest BCUT2D eigenvalue weighted by atomic mass is 16.5. The van der Waals surface area contributed by atoms with Gasteiger partial charge in [-0.1, -0.05) is 25.3 Å². The van der Waals surface area contributed by atoms with Crippen molar-refractivity contribution < 1.29 is 14.3 Å². The van der Waals surface area contributed by atoms with Crippen LogP contribution in [0.1, 0.15) is 49.8 Å². The average molecular weight is 458 g/mol. The molecule has 1 saturated carbocycles.